The molecule has 0 aliphatic carbocycles. The van der Waals surface area contributed by atoms with E-state index >= 15 is 0 Å². The molecule has 1 heterocycles. The molecule has 0 spiro atoms. The second-order valence-electron chi connectivity index (χ2n) is 4.33. The van der Waals surface area contributed by atoms with Crippen LogP contribution in [0.1, 0.15) is 24.3 Å². The molecule has 1 aromatic heterocycles. The van der Waals surface area contributed by atoms with Gasteiger partial charge in [-0.05, 0) is 25.1 Å². The molecule has 1 N–H and O–H groups in total. The van der Waals surface area contributed by atoms with Crippen LogP contribution in [0.5, 0.6) is 5.75 Å². The molecule has 2 rings (SSSR count). The monoisotopic (exact) mass is 257 g/mol. The molecule has 0 aliphatic heterocycles. The van der Waals surface area contributed by atoms with Crippen molar-refractivity contribution >= 4 is 0 Å². The molecule has 0 bridgehead atoms. The van der Waals surface area contributed by atoms with E-state index in [9.17, 15) is 0 Å². The summed E-state index contributed by atoms with van der Waals surface area (Å²) in [4.78, 5) is 0. The first kappa shape index (κ1) is 13.4. The van der Waals surface area contributed by atoms with Crippen LogP contribution in [0.2, 0.25) is 0 Å². The van der Waals surface area contributed by atoms with Crippen molar-refractivity contribution in [2.45, 2.75) is 19.5 Å². The zero-order valence-electron chi connectivity index (χ0n) is 11.1. The number of nitrogens with one attached hydrogen (secondary N) is 1. The number of ether oxygens (including phenoxy) is 1. The average Bonchev–Trinajstić information content (AvgIpc) is 2.97. The van der Waals surface area contributed by atoms with Gasteiger partial charge in [-0.1, -0.05) is 30.9 Å². The molecule has 3 nitrogen and oxygen atoms in total. The summed E-state index contributed by atoms with van der Waals surface area (Å²) in [6.07, 6.45) is 3.43. The Balaban J connectivity index is 1.97. The summed E-state index contributed by atoms with van der Waals surface area (Å²) in [6.45, 7) is 6.99. The van der Waals surface area contributed by atoms with Gasteiger partial charge in [-0.2, -0.15) is 0 Å². The second kappa shape index (κ2) is 6.81. The Hall–Kier alpha value is -2.00. The van der Waals surface area contributed by atoms with Crippen LogP contribution >= 0.6 is 0 Å². The molecule has 0 unspecified atom stereocenters. The van der Waals surface area contributed by atoms with Gasteiger partial charge < -0.3 is 14.5 Å². The van der Waals surface area contributed by atoms with E-state index < -0.39 is 0 Å². The van der Waals surface area contributed by atoms with Crippen LogP contribution in [0.15, 0.2) is 59.7 Å². The number of furan rings is 1. The van der Waals surface area contributed by atoms with Gasteiger partial charge in [0, 0.05) is 12.1 Å². The number of para-hydroxylation sites is 1. The van der Waals surface area contributed by atoms with Crippen molar-refractivity contribution in [3.05, 3.63) is 66.6 Å². The van der Waals surface area contributed by atoms with E-state index in [0.717, 1.165) is 23.6 Å². The van der Waals surface area contributed by atoms with Crippen LogP contribution < -0.4 is 10.1 Å². The summed E-state index contributed by atoms with van der Waals surface area (Å²) >= 11 is 0. The highest BCUT2D eigenvalue weighted by atomic mass is 16.5. The van der Waals surface area contributed by atoms with E-state index in [2.05, 4.69) is 24.9 Å². The van der Waals surface area contributed by atoms with Crippen molar-refractivity contribution in [2.75, 3.05) is 6.61 Å². The van der Waals surface area contributed by atoms with Crippen LogP contribution in [-0.2, 0) is 6.54 Å². The minimum Gasteiger partial charge on any atom is -0.489 e. The number of hydrogen-bond donors (Lipinski definition) is 1. The molecule has 0 saturated heterocycles. The summed E-state index contributed by atoms with van der Waals surface area (Å²) in [5.41, 5.74) is 1.13. The van der Waals surface area contributed by atoms with Gasteiger partial charge in [0.2, 0.25) is 0 Å². The Morgan fingerprint density at radius 3 is 2.89 bits per heavy atom. The molecule has 19 heavy (non-hydrogen) atoms. The largest absolute Gasteiger partial charge is 0.489 e. The molecule has 100 valence electrons. The van der Waals surface area contributed by atoms with Crippen LogP contribution in [0, 0.1) is 0 Å². The Morgan fingerprint density at radius 2 is 2.16 bits per heavy atom. The van der Waals surface area contributed by atoms with E-state index in [0.29, 0.717) is 6.61 Å². The maximum Gasteiger partial charge on any atom is 0.124 e. The lowest BCUT2D eigenvalue weighted by atomic mass is 10.2. The lowest BCUT2D eigenvalue weighted by molar-refractivity contribution is 0.355. The quantitative estimate of drug-likeness (QED) is 0.768. The summed E-state index contributed by atoms with van der Waals surface area (Å²) in [7, 11) is 0. The van der Waals surface area contributed by atoms with E-state index in [1.807, 2.05) is 30.3 Å². The third kappa shape index (κ3) is 3.73. The summed E-state index contributed by atoms with van der Waals surface area (Å²) in [6, 6.07) is 12.0. The highest BCUT2D eigenvalue weighted by Crippen LogP contribution is 2.19. The van der Waals surface area contributed by atoms with Crippen molar-refractivity contribution in [1.29, 1.82) is 0 Å². The minimum absolute atomic E-state index is 0.169. The summed E-state index contributed by atoms with van der Waals surface area (Å²) < 4.78 is 11.0. The predicted molar refractivity (Wildman–Crippen MR) is 76.1 cm³/mol. The van der Waals surface area contributed by atoms with Gasteiger partial charge in [0.05, 0.1) is 12.3 Å². The lowest BCUT2D eigenvalue weighted by Gasteiger charge is -2.14. The highest BCUT2D eigenvalue weighted by molar-refractivity contribution is 5.33. The fraction of sp³-hybridized carbons (Fsp3) is 0.250. The summed E-state index contributed by atoms with van der Waals surface area (Å²) in [5, 5.41) is 3.42. The fourth-order valence-electron chi connectivity index (χ4n) is 1.84. The second-order valence-corrected chi connectivity index (χ2v) is 4.33. The zero-order valence-corrected chi connectivity index (χ0v) is 11.1. The van der Waals surface area contributed by atoms with Gasteiger partial charge in [0.1, 0.15) is 18.1 Å². The standard InChI is InChI=1S/C16H19NO2/c1-3-10-18-16-8-5-4-7-14(16)12-17-13(2)15-9-6-11-19-15/h3-9,11,13,17H,1,10,12H2,2H3/t13-/m1/s1. The van der Waals surface area contributed by atoms with E-state index in [1.54, 1.807) is 12.3 Å². The third-order valence-corrected chi connectivity index (χ3v) is 2.90. The van der Waals surface area contributed by atoms with E-state index in [4.69, 9.17) is 9.15 Å². The lowest BCUT2D eigenvalue weighted by Crippen LogP contribution is -2.18. The maximum absolute atomic E-state index is 5.63. The van der Waals surface area contributed by atoms with Crippen molar-refractivity contribution in [1.82, 2.24) is 5.32 Å². The molecule has 1 aromatic carbocycles. The highest BCUT2D eigenvalue weighted by Gasteiger charge is 2.09. The third-order valence-electron chi connectivity index (χ3n) is 2.90. The van der Waals surface area contributed by atoms with Crippen molar-refractivity contribution < 1.29 is 9.15 Å². The topological polar surface area (TPSA) is 34.4 Å². The Labute approximate surface area is 113 Å². The molecule has 0 aliphatic rings. The van der Waals surface area contributed by atoms with Crippen molar-refractivity contribution in [2.24, 2.45) is 0 Å². The van der Waals surface area contributed by atoms with Gasteiger partial charge in [0.15, 0.2) is 0 Å². The van der Waals surface area contributed by atoms with Gasteiger partial charge in [0.25, 0.3) is 0 Å². The van der Waals surface area contributed by atoms with Crippen LogP contribution in [0.4, 0.5) is 0 Å². The normalized spacial score (nSPS) is 12.1. The molecular weight excluding hydrogens is 238 g/mol. The molecule has 0 amide bonds. The number of benzene rings is 1. The maximum atomic E-state index is 5.63. The Morgan fingerprint density at radius 1 is 1.32 bits per heavy atom. The molecule has 0 radical (unpaired) electrons. The molecule has 1 atom stereocenters. The SMILES string of the molecule is C=CCOc1ccccc1CN[C@H](C)c1ccco1. The first-order chi connectivity index (χ1) is 9.31. The van der Waals surface area contributed by atoms with Crippen LogP contribution in [0.3, 0.4) is 0 Å². The minimum atomic E-state index is 0.169. The fourth-order valence-corrected chi connectivity index (χ4v) is 1.84. The number of rotatable bonds is 7. The Kier molecular flexibility index (Phi) is 4.81. The smallest absolute Gasteiger partial charge is 0.124 e. The molecular formula is C16H19NO2. The first-order valence-corrected chi connectivity index (χ1v) is 6.39. The van der Waals surface area contributed by atoms with Gasteiger partial charge in [-0.3, -0.25) is 0 Å². The number of hydrogen-bond acceptors (Lipinski definition) is 3. The zero-order chi connectivity index (χ0) is 13.5. The first-order valence-electron chi connectivity index (χ1n) is 6.39. The van der Waals surface area contributed by atoms with E-state index in [-0.39, 0.29) is 6.04 Å². The Bertz CT molecular complexity index is 505. The van der Waals surface area contributed by atoms with Gasteiger partial charge in [-0.25, -0.2) is 0 Å². The van der Waals surface area contributed by atoms with Crippen LogP contribution in [0.25, 0.3) is 0 Å². The van der Waals surface area contributed by atoms with Crippen molar-refractivity contribution in [3.8, 4) is 5.75 Å². The molecule has 0 fully saturated rings. The van der Waals surface area contributed by atoms with Gasteiger partial charge in [-0.15, -0.1) is 0 Å². The molecule has 0 saturated carbocycles. The van der Waals surface area contributed by atoms with Gasteiger partial charge >= 0.3 is 0 Å². The summed E-state index contributed by atoms with van der Waals surface area (Å²) in [5.74, 6) is 1.83. The van der Waals surface area contributed by atoms with Crippen molar-refractivity contribution in [3.63, 3.8) is 0 Å². The average molecular weight is 257 g/mol. The molecule has 2 aromatic rings. The van der Waals surface area contributed by atoms with E-state index in [1.165, 1.54) is 0 Å². The predicted octanol–water partition coefficient (Wildman–Crippen LogP) is 3.70. The van der Waals surface area contributed by atoms with Crippen LogP contribution in [-0.4, -0.2) is 6.61 Å². The molecule has 3 heteroatoms.